The first-order chi connectivity index (χ1) is 8.69. The third kappa shape index (κ3) is 3.71. The number of hydrogen-bond acceptors (Lipinski definition) is 1. The fraction of sp³-hybridized carbons (Fsp3) is 0.600. The maximum atomic E-state index is 13.2. The van der Waals surface area contributed by atoms with Crippen molar-refractivity contribution >= 4 is 21.6 Å². The molecule has 100 valence electrons. The highest BCUT2D eigenvalue weighted by Crippen LogP contribution is 2.31. The Morgan fingerprint density at radius 3 is 2.67 bits per heavy atom. The van der Waals surface area contributed by atoms with Crippen LogP contribution in [0.5, 0.6) is 0 Å². The second-order valence-corrected chi connectivity index (χ2v) is 6.13. The SMILES string of the molecule is CCCC1CCC(Nc2cc(F)ccc2Br)CC1. The number of anilines is 1. The summed E-state index contributed by atoms with van der Waals surface area (Å²) in [6.07, 6.45) is 7.66. The number of rotatable bonds is 4. The van der Waals surface area contributed by atoms with Crippen LogP contribution < -0.4 is 5.32 Å². The molecule has 0 radical (unpaired) electrons. The maximum Gasteiger partial charge on any atom is 0.125 e. The van der Waals surface area contributed by atoms with E-state index in [4.69, 9.17) is 0 Å². The lowest BCUT2D eigenvalue weighted by atomic mass is 9.83. The summed E-state index contributed by atoms with van der Waals surface area (Å²) in [6, 6.07) is 5.31. The first kappa shape index (κ1) is 13.9. The Balaban J connectivity index is 1.89. The average Bonchev–Trinajstić information content (AvgIpc) is 2.37. The van der Waals surface area contributed by atoms with Gasteiger partial charge in [0.15, 0.2) is 0 Å². The third-order valence-corrected chi connectivity index (χ3v) is 4.52. The molecule has 1 aromatic rings. The molecule has 0 heterocycles. The summed E-state index contributed by atoms with van der Waals surface area (Å²) in [5.41, 5.74) is 0.883. The highest BCUT2D eigenvalue weighted by atomic mass is 79.9. The summed E-state index contributed by atoms with van der Waals surface area (Å²) in [5.74, 6) is 0.726. The van der Waals surface area contributed by atoms with Gasteiger partial charge in [0, 0.05) is 10.5 Å². The quantitative estimate of drug-likeness (QED) is 0.789. The van der Waals surface area contributed by atoms with E-state index in [1.165, 1.54) is 44.6 Å². The number of halogens is 2. The van der Waals surface area contributed by atoms with E-state index in [1.807, 2.05) is 0 Å². The van der Waals surface area contributed by atoms with Gasteiger partial charge in [-0.25, -0.2) is 4.39 Å². The molecule has 1 saturated carbocycles. The van der Waals surface area contributed by atoms with Gasteiger partial charge in [0.05, 0.1) is 5.69 Å². The summed E-state index contributed by atoms with van der Waals surface area (Å²) < 4.78 is 14.1. The largest absolute Gasteiger partial charge is 0.381 e. The van der Waals surface area contributed by atoms with Crippen LogP contribution in [0.25, 0.3) is 0 Å². The van der Waals surface area contributed by atoms with Crippen molar-refractivity contribution in [3.8, 4) is 0 Å². The number of benzene rings is 1. The van der Waals surface area contributed by atoms with Crippen molar-refractivity contribution in [1.29, 1.82) is 0 Å². The minimum Gasteiger partial charge on any atom is -0.381 e. The van der Waals surface area contributed by atoms with Crippen LogP contribution in [0.2, 0.25) is 0 Å². The zero-order chi connectivity index (χ0) is 13.0. The van der Waals surface area contributed by atoms with Gasteiger partial charge in [0.1, 0.15) is 5.82 Å². The molecule has 2 rings (SSSR count). The Bertz CT molecular complexity index is 386. The summed E-state index contributed by atoms with van der Waals surface area (Å²) in [6.45, 7) is 2.26. The Kier molecular flexibility index (Phi) is 5.04. The van der Waals surface area contributed by atoms with Crippen LogP contribution in [0, 0.1) is 11.7 Å². The van der Waals surface area contributed by atoms with Gasteiger partial charge in [-0.2, -0.15) is 0 Å². The van der Waals surface area contributed by atoms with Crippen molar-refractivity contribution in [3.63, 3.8) is 0 Å². The molecular weight excluding hydrogens is 293 g/mol. The zero-order valence-electron chi connectivity index (χ0n) is 10.9. The fourth-order valence-corrected chi connectivity index (χ4v) is 3.19. The van der Waals surface area contributed by atoms with Crippen molar-refractivity contribution in [1.82, 2.24) is 0 Å². The molecule has 1 aliphatic rings. The molecule has 0 saturated heterocycles. The predicted molar refractivity (Wildman–Crippen MR) is 78.4 cm³/mol. The summed E-state index contributed by atoms with van der Waals surface area (Å²) >= 11 is 3.46. The summed E-state index contributed by atoms with van der Waals surface area (Å²) in [5, 5.41) is 3.47. The van der Waals surface area contributed by atoms with Crippen LogP contribution >= 0.6 is 15.9 Å². The molecule has 0 spiro atoms. The lowest BCUT2D eigenvalue weighted by molar-refractivity contribution is 0.319. The van der Waals surface area contributed by atoms with Crippen molar-refractivity contribution in [2.45, 2.75) is 51.5 Å². The van der Waals surface area contributed by atoms with E-state index in [0.717, 1.165) is 16.1 Å². The number of hydrogen-bond donors (Lipinski definition) is 1. The highest BCUT2D eigenvalue weighted by Gasteiger charge is 2.20. The van der Waals surface area contributed by atoms with Gasteiger partial charge in [-0.15, -0.1) is 0 Å². The summed E-state index contributed by atoms with van der Waals surface area (Å²) in [4.78, 5) is 0. The lowest BCUT2D eigenvalue weighted by Crippen LogP contribution is -2.26. The Morgan fingerprint density at radius 1 is 1.28 bits per heavy atom. The molecule has 0 bridgehead atoms. The van der Waals surface area contributed by atoms with E-state index in [-0.39, 0.29) is 5.82 Å². The van der Waals surface area contributed by atoms with Crippen molar-refractivity contribution in [2.75, 3.05) is 5.32 Å². The van der Waals surface area contributed by atoms with Gasteiger partial charge in [-0.1, -0.05) is 19.8 Å². The Hall–Kier alpha value is -0.570. The zero-order valence-corrected chi connectivity index (χ0v) is 12.5. The van der Waals surface area contributed by atoms with E-state index in [2.05, 4.69) is 28.2 Å². The van der Waals surface area contributed by atoms with E-state index < -0.39 is 0 Å². The maximum absolute atomic E-state index is 13.2. The van der Waals surface area contributed by atoms with E-state index in [1.54, 1.807) is 12.1 Å². The van der Waals surface area contributed by atoms with Gasteiger partial charge < -0.3 is 5.32 Å². The minimum atomic E-state index is -0.180. The second-order valence-electron chi connectivity index (χ2n) is 5.27. The Morgan fingerprint density at radius 2 is 2.00 bits per heavy atom. The van der Waals surface area contributed by atoms with E-state index in [9.17, 15) is 4.39 Å². The fourth-order valence-electron chi connectivity index (χ4n) is 2.83. The molecule has 18 heavy (non-hydrogen) atoms. The molecule has 0 aliphatic heterocycles. The standard InChI is InChI=1S/C15H21BrFN/c1-2-3-11-4-7-13(8-5-11)18-15-10-12(17)6-9-14(15)16/h6,9-11,13,18H,2-5,7-8H2,1H3. The molecule has 1 N–H and O–H groups in total. The smallest absolute Gasteiger partial charge is 0.125 e. The summed E-state index contributed by atoms with van der Waals surface area (Å²) in [7, 11) is 0. The molecule has 0 aromatic heterocycles. The van der Waals surface area contributed by atoms with Crippen LogP contribution in [-0.2, 0) is 0 Å². The first-order valence-electron chi connectivity index (χ1n) is 6.90. The van der Waals surface area contributed by atoms with Crippen molar-refractivity contribution in [3.05, 3.63) is 28.5 Å². The second kappa shape index (κ2) is 6.55. The number of nitrogens with one attached hydrogen (secondary N) is 1. The van der Waals surface area contributed by atoms with Crippen LogP contribution in [0.15, 0.2) is 22.7 Å². The predicted octanol–water partition coefficient (Wildman–Crippen LogP) is 5.36. The van der Waals surface area contributed by atoms with Gasteiger partial charge in [0.2, 0.25) is 0 Å². The van der Waals surface area contributed by atoms with Crippen molar-refractivity contribution in [2.24, 2.45) is 5.92 Å². The van der Waals surface area contributed by atoms with Crippen molar-refractivity contribution < 1.29 is 4.39 Å². The molecule has 3 heteroatoms. The third-order valence-electron chi connectivity index (χ3n) is 3.83. The molecule has 1 nitrogen and oxygen atoms in total. The van der Waals surface area contributed by atoms with E-state index >= 15 is 0 Å². The Labute approximate surface area is 117 Å². The molecule has 0 atom stereocenters. The molecule has 1 aliphatic carbocycles. The molecule has 0 amide bonds. The monoisotopic (exact) mass is 313 g/mol. The first-order valence-corrected chi connectivity index (χ1v) is 7.70. The van der Waals surface area contributed by atoms with Crippen LogP contribution in [0.1, 0.15) is 45.4 Å². The molecule has 1 fully saturated rings. The van der Waals surface area contributed by atoms with Crippen LogP contribution in [-0.4, -0.2) is 6.04 Å². The minimum absolute atomic E-state index is 0.180. The topological polar surface area (TPSA) is 12.0 Å². The van der Waals surface area contributed by atoms with Gasteiger partial charge in [0.25, 0.3) is 0 Å². The van der Waals surface area contributed by atoms with Gasteiger partial charge >= 0.3 is 0 Å². The highest BCUT2D eigenvalue weighted by molar-refractivity contribution is 9.10. The molecule has 0 unspecified atom stereocenters. The van der Waals surface area contributed by atoms with Gasteiger partial charge in [-0.3, -0.25) is 0 Å². The molecule has 1 aromatic carbocycles. The molecular formula is C15H21BrFN. The normalized spacial score (nSPS) is 23.9. The lowest BCUT2D eigenvalue weighted by Gasteiger charge is -2.30. The van der Waals surface area contributed by atoms with E-state index in [0.29, 0.717) is 6.04 Å². The van der Waals surface area contributed by atoms with Crippen LogP contribution in [0.3, 0.4) is 0 Å². The van der Waals surface area contributed by atoms with Crippen LogP contribution in [0.4, 0.5) is 10.1 Å². The average molecular weight is 314 g/mol. The van der Waals surface area contributed by atoms with Gasteiger partial charge in [-0.05, 0) is 65.7 Å².